The van der Waals surface area contributed by atoms with Gasteiger partial charge >= 0.3 is 0 Å². The van der Waals surface area contributed by atoms with Crippen molar-refractivity contribution in [3.8, 4) is 0 Å². The Hall–Kier alpha value is -2.11. The largest absolute Gasteiger partial charge is 0.409 e. The summed E-state index contributed by atoms with van der Waals surface area (Å²) >= 11 is 0. The molecule has 0 aliphatic carbocycles. The minimum absolute atomic E-state index is 0.0306. The third-order valence-corrected chi connectivity index (χ3v) is 1.88. The summed E-state index contributed by atoms with van der Waals surface area (Å²) in [5.74, 6) is 0.656. The number of nitrogens with two attached hydrogens (primary N) is 1. The van der Waals surface area contributed by atoms with Crippen LogP contribution in [-0.4, -0.2) is 25.6 Å². The minimum atomic E-state index is 0.0306. The Balaban J connectivity index is 2.73. The summed E-state index contributed by atoms with van der Waals surface area (Å²) in [7, 11) is 0. The minimum Gasteiger partial charge on any atom is -0.409 e. The van der Waals surface area contributed by atoms with Crippen molar-refractivity contribution in [2.45, 2.75) is 6.92 Å². The number of amidine groups is 1. The number of aromatic nitrogens is 3. The molecule has 0 spiro atoms. The van der Waals surface area contributed by atoms with Crippen LogP contribution in [-0.2, 0) is 0 Å². The molecular formula is C8H9N5O. The number of aryl methyl sites for hydroxylation is 1. The van der Waals surface area contributed by atoms with E-state index < -0.39 is 0 Å². The molecule has 0 saturated carbocycles. The van der Waals surface area contributed by atoms with Gasteiger partial charge in [-0.25, -0.2) is 9.50 Å². The third-order valence-electron chi connectivity index (χ3n) is 1.88. The summed E-state index contributed by atoms with van der Waals surface area (Å²) < 4.78 is 1.58. The molecule has 14 heavy (non-hydrogen) atoms. The van der Waals surface area contributed by atoms with Crippen LogP contribution in [0.3, 0.4) is 0 Å². The fraction of sp³-hybridized carbons (Fsp3) is 0.125. The molecule has 2 aromatic rings. The maximum atomic E-state index is 8.54. The zero-order valence-electron chi connectivity index (χ0n) is 7.55. The maximum absolute atomic E-state index is 8.54. The molecule has 72 valence electrons. The SMILES string of the molecule is Cc1ncc2ccc(/C(N)=N\O)n2n1. The summed E-state index contributed by atoms with van der Waals surface area (Å²) in [6, 6.07) is 3.52. The van der Waals surface area contributed by atoms with E-state index in [2.05, 4.69) is 15.2 Å². The average molecular weight is 191 g/mol. The van der Waals surface area contributed by atoms with Crippen LogP contribution in [0.1, 0.15) is 11.5 Å². The molecule has 0 bridgehead atoms. The van der Waals surface area contributed by atoms with E-state index in [0.717, 1.165) is 5.52 Å². The topological polar surface area (TPSA) is 88.8 Å². The molecule has 2 heterocycles. The lowest BCUT2D eigenvalue weighted by Gasteiger charge is -1.99. The highest BCUT2D eigenvalue weighted by atomic mass is 16.4. The second kappa shape index (κ2) is 2.99. The fourth-order valence-electron chi connectivity index (χ4n) is 1.23. The van der Waals surface area contributed by atoms with Crippen LogP contribution in [0.2, 0.25) is 0 Å². The number of nitrogens with zero attached hydrogens (tertiary/aromatic N) is 4. The molecule has 0 aromatic carbocycles. The second-order valence-electron chi connectivity index (χ2n) is 2.85. The van der Waals surface area contributed by atoms with E-state index in [1.807, 2.05) is 0 Å². The van der Waals surface area contributed by atoms with Gasteiger partial charge in [-0.1, -0.05) is 5.16 Å². The Morgan fingerprint density at radius 3 is 3.07 bits per heavy atom. The highest BCUT2D eigenvalue weighted by molar-refractivity contribution is 5.96. The van der Waals surface area contributed by atoms with Gasteiger partial charge in [-0.15, -0.1) is 0 Å². The van der Waals surface area contributed by atoms with Crippen molar-refractivity contribution < 1.29 is 5.21 Å². The van der Waals surface area contributed by atoms with E-state index in [1.165, 1.54) is 0 Å². The number of fused-ring (bicyclic) bond motifs is 1. The predicted molar refractivity (Wildman–Crippen MR) is 50.2 cm³/mol. The molecule has 0 unspecified atom stereocenters. The molecule has 2 aromatic heterocycles. The van der Waals surface area contributed by atoms with Crippen molar-refractivity contribution in [2.24, 2.45) is 10.9 Å². The highest BCUT2D eigenvalue weighted by Crippen LogP contribution is 2.06. The first kappa shape index (κ1) is 8.49. The van der Waals surface area contributed by atoms with E-state index in [-0.39, 0.29) is 5.84 Å². The third kappa shape index (κ3) is 1.17. The summed E-state index contributed by atoms with van der Waals surface area (Å²) in [6.07, 6.45) is 1.68. The number of oxime groups is 1. The molecule has 0 aliphatic heterocycles. The Labute approximate surface area is 79.7 Å². The lowest BCUT2D eigenvalue weighted by molar-refractivity contribution is 0.318. The normalized spacial score (nSPS) is 12.2. The van der Waals surface area contributed by atoms with Gasteiger partial charge in [0.1, 0.15) is 11.5 Å². The predicted octanol–water partition coefficient (Wildman–Crippen LogP) is 0.132. The van der Waals surface area contributed by atoms with Crippen LogP contribution in [0.4, 0.5) is 0 Å². The molecule has 0 fully saturated rings. The first-order valence-electron chi connectivity index (χ1n) is 4.01. The second-order valence-corrected chi connectivity index (χ2v) is 2.85. The Morgan fingerprint density at radius 2 is 2.36 bits per heavy atom. The zero-order chi connectivity index (χ0) is 10.1. The van der Waals surface area contributed by atoms with Crippen LogP contribution >= 0.6 is 0 Å². The van der Waals surface area contributed by atoms with E-state index in [0.29, 0.717) is 11.5 Å². The van der Waals surface area contributed by atoms with Crippen molar-refractivity contribution in [3.05, 3.63) is 29.8 Å². The fourth-order valence-corrected chi connectivity index (χ4v) is 1.23. The lowest BCUT2D eigenvalue weighted by Crippen LogP contribution is -2.17. The van der Waals surface area contributed by atoms with Crippen LogP contribution in [0.5, 0.6) is 0 Å². The van der Waals surface area contributed by atoms with E-state index in [9.17, 15) is 0 Å². The van der Waals surface area contributed by atoms with Gasteiger partial charge in [0, 0.05) is 0 Å². The molecule has 3 N–H and O–H groups in total. The van der Waals surface area contributed by atoms with E-state index in [4.69, 9.17) is 10.9 Å². The van der Waals surface area contributed by atoms with Crippen molar-refractivity contribution >= 4 is 11.4 Å². The van der Waals surface area contributed by atoms with Gasteiger partial charge in [0.25, 0.3) is 0 Å². The molecule has 6 heteroatoms. The van der Waals surface area contributed by atoms with Crippen molar-refractivity contribution in [1.29, 1.82) is 0 Å². The van der Waals surface area contributed by atoms with Gasteiger partial charge in [0.15, 0.2) is 5.84 Å². The van der Waals surface area contributed by atoms with Crippen LogP contribution in [0.25, 0.3) is 5.52 Å². The van der Waals surface area contributed by atoms with E-state index >= 15 is 0 Å². The molecule has 2 rings (SSSR count). The summed E-state index contributed by atoms with van der Waals surface area (Å²) in [5, 5.41) is 15.6. The molecule has 0 amide bonds. The Bertz CT molecular complexity index is 501. The highest BCUT2D eigenvalue weighted by Gasteiger charge is 2.07. The summed E-state index contributed by atoms with van der Waals surface area (Å²) in [4.78, 5) is 4.03. The molecular weight excluding hydrogens is 182 g/mol. The average Bonchev–Trinajstić information content (AvgIpc) is 2.59. The van der Waals surface area contributed by atoms with Crippen molar-refractivity contribution in [1.82, 2.24) is 14.6 Å². The standard InChI is InChI=1S/C8H9N5O/c1-5-10-4-6-2-3-7(8(9)12-14)13(6)11-5/h2-4,14H,1H3,(H2,9,12). The molecule has 0 aliphatic rings. The monoisotopic (exact) mass is 191 g/mol. The van der Waals surface area contributed by atoms with Gasteiger partial charge in [-0.3, -0.25) is 0 Å². The quantitative estimate of drug-likeness (QED) is 0.290. The number of hydrogen-bond acceptors (Lipinski definition) is 4. The molecule has 0 radical (unpaired) electrons. The van der Waals surface area contributed by atoms with Crippen LogP contribution in [0.15, 0.2) is 23.5 Å². The van der Waals surface area contributed by atoms with Crippen LogP contribution in [0, 0.1) is 6.92 Å². The Kier molecular flexibility index (Phi) is 1.81. The first-order chi connectivity index (χ1) is 6.72. The molecule has 0 saturated heterocycles. The lowest BCUT2D eigenvalue weighted by atomic mass is 10.4. The number of rotatable bonds is 1. The van der Waals surface area contributed by atoms with Crippen molar-refractivity contribution in [2.75, 3.05) is 0 Å². The van der Waals surface area contributed by atoms with Gasteiger partial charge < -0.3 is 10.9 Å². The molecule has 0 atom stereocenters. The number of hydrogen-bond donors (Lipinski definition) is 2. The van der Waals surface area contributed by atoms with Gasteiger partial charge in [0.05, 0.1) is 11.7 Å². The van der Waals surface area contributed by atoms with Crippen molar-refractivity contribution in [3.63, 3.8) is 0 Å². The molecule has 6 nitrogen and oxygen atoms in total. The Morgan fingerprint density at radius 1 is 1.57 bits per heavy atom. The van der Waals surface area contributed by atoms with Crippen LogP contribution < -0.4 is 5.73 Å². The first-order valence-corrected chi connectivity index (χ1v) is 4.01. The zero-order valence-corrected chi connectivity index (χ0v) is 7.55. The maximum Gasteiger partial charge on any atom is 0.188 e. The van der Waals surface area contributed by atoms with Gasteiger partial charge in [-0.2, -0.15) is 5.10 Å². The summed E-state index contributed by atoms with van der Waals surface area (Å²) in [6.45, 7) is 1.77. The van der Waals surface area contributed by atoms with Gasteiger partial charge in [0.2, 0.25) is 0 Å². The van der Waals surface area contributed by atoms with Gasteiger partial charge in [-0.05, 0) is 19.1 Å². The smallest absolute Gasteiger partial charge is 0.188 e. The summed E-state index contributed by atoms with van der Waals surface area (Å²) in [5.41, 5.74) is 6.83. The van der Waals surface area contributed by atoms with E-state index in [1.54, 1.807) is 29.8 Å².